The highest BCUT2D eigenvalue weighted by Gasteiger charge is 2.07. The second kappa shape index (κ2) is 5.27. The molecule has 0 aromatic rings. The van der Waals surface area contributed by atoms with Crippen LogP contribution in [0.5, 0.6) is 0 Å². The molecule has 0 radical (unpaired) electrons. The smallest absolute Gasteiger partial charge is 0.211 e. The Bertz CT molecular complexity index is 62.1. The summed E-state index contributed by atoms with van der Waals surface area (Å²) in [6, 6.07) is 1.20. The van der Waals surface area contributed by atoms with Gasteiger partial charge in [-0.1, -0.05) is 20.3 Å². The first-order chi connectivity index (χ1) is 4.20. The van der Waals surface area contributed by atoms with Crippen LogP contribution in [-0.4, -0.2) is 15.3 Å². The van der Waals surface area contributed by atoms with Crippen molar-refractivity contribution < 1.29 is 0 Å². The van der Waals surface area contributed by atoms with E-state index in [2.05, 4.69) is 18.8 Å². The van der Waals surface area contributed by atoms with Gasteiger partial charge < -0.3 is 4.98 Å². The van der Waals surface area contributed by atoms with E-state index in [9.17, 15) is 0 Å². The summed E-state index contributed by atoms with van der Waals surface area (Å²) >= 11 is 5.97. The molecule has 0 amide bonds. The van der Waals surface area contributed by atoms with E-state index in [-0.39, 0.29) is 0 Å². The highest BCUT2D eigenvalue weighted by molar-refractivity contribution is 7.05. The standard InChI is InChI=1S/C6H16ClNSi/c1-4-6(2)5-9(7)8-3/h6,8-9H,4-5H2,1-3H3. The minimum Gasteiger partial charge on any atom is -0.331 e. The summed E-state index contributed by atoms with van der Waals surface area (Å²) in [5.41, 5.74) is 0. The topological polar surface area (TPSA) is 12.0 Å². The maximum Gasteiger partial charge on any atom is 0.211 e. The SMILES string of the molecule is CCC(C)C[SiH](Cl)NC. The average molecular weight is 166 g/mol. The van der Waals surface area contributed by atoms with Crippen molar-refractivity contribution in [2.45, 2.75) is 26.3 Å². The first-order valence-electron chi connectivity index (χ1n) is 3.52. The zero-order valence-corrected chi connectivity index (χ0v) is 8.36. The lowest BCUT2D eigenvalue weighted by Crippen LogP contribution is -2.25. The molecule has 1 nitrogen and oxygen atoms in total. The van der Waals surface area contributed by atoms with E-state index in [4.69, 9.17) is 11.1 Å². The number of nitrogens with one attached hydrogen (secondary N) is 1. The largest absolute Gasteiger partial charge is 0.331 e. The normalized spacial score (nSPS) is 17.3. The van der Waals surface area contributed by atoms with Gasteiger partial charge in [0.1, 0.15) is 0 Å². The monoisotopic (exact) mass is 165 g/mol. The first kappa shape index (κ1) is 9.47. The van der Waals surface area contributed by atoms with Gasteiger partial charge in [-0.15, -0.1) is 0 Å². The zero-order valence-electron chi connectivity index (χ0n) is 6.45. The molecule has 0 aromatic carbocycles. The summed E-state index contributed by atoms with van der Waals surface area (Å²) in [5, 5.41) is 0. The second-order valence-corrected chi connectivity index (χ2v) is 6.07. The van der Waals surface area contributed by atoms with Crippen LogP contribution in [0, 0.1) is 5.92 Å². The predicted molar refractivity (Wildman–Crippen MR) is 46.3 cm³/mol. The molecule has 0 rings (SSSR count). The Hall–Kier alpha value is 0.467. The van der Waals surface area contributed by atoms with Crippen LogP contribution >= 0.6 is 11.1 Å². The van der Waals surface area contributed by atoms with Crippen molar-refractivity contribution in [3.63, 3.8) is 0 Å². The van der Waals surface area contributed by atoms with Crippen LogP contribution < -0.4 is 4.98 Å². The summed E-state index contributed by atoms with van der Waals surface area (Å²) in [6.45, 7) is 4.46. The fourth-order valence-electron chi connectivity index (χ4n) is 0.638. The molecule has 0 aliphatic heterocycles. The van der Waals surface area contributed by atoms with Crippen LogP contribution in [0.15, 0.2) is 0 Å². The van der Waals surface area contributed by atoms with Crippen LogP contribution in [-0.2, 0) is 0 Å². The Morgan fingerprint density at radius 3 is 2.56 bits per heavy atom. The lowest BCUT2D eigenvalue weighted by Gasteiger charge is -2.10. The van der Waals surface area contributed by atoms with Crippen molar-refractivity contribution in [1.82, 2.24) is 4.98 Å². The van der Waals surface area contributed by atoms with Crippen molar-refractivity contribution in [2.24, 2.45) is 5.92 Å². The van der Waals surface area contributed by atoms with Crippen molar-refractivity contribution in [3.8, 4) is 0 Å². The van der Waals surface area contributed by atoms with Crippen molar-refractivity contribution in [2.75, 3.05) is 7.05 Å². The van der Waals surface area contributed by atoms with E-state index in [1.807, 2.05) is 7.05 Å². The molecule has 0 fully saturated rings. The molecule has 2 atom stereocenters. The maximum atomic E-state index is 5.97. The lowest BCUT2D eigenvalue weighted by molar-refractivity contribution is 0.618. The fourth-order valence-corrected chi connectivity index (χ4v) is 2.83. The number of hydrogen-bond acceptors (Lipinski definition) is 1. The summed E-state index contributed by atoms with van der Waals surface area (Å²) in [7, 11) is 0.916. The van der Waals surface area contributed by atoms with Gasteiger partial charge in [-0.25, -0.2) is 0 Å². The molecule has 0 saturated heterocycles. The Labute approximate surface area is 64.2 Å². The first-order valence-corrected chi connectivity index (χ1v) is 6.66. The van der Waals surface area contributed by atoms with Crippen LogP contribution in [0.25, 0.3) is 0 Å². The molecule has 56 valence electrons. The number of hydrogen-bond donors (Lipinski definition) is 1. The Balaban J connectivity index is 3.22. The second-order valence-electron chi connectivity index (χ2n) is 2.51. The minimum absolute atomic E-state index is 0.798. The molecule has 0 bridgehead atoms. The van der Waals surface area contributed by atoms with Gasteiger partial charge in [0.15, 0.2) is 0 Å². The van der Waals surface area contributed by atoms with Gasteiger partial charge in [0.2, 0.25) is 8.27 Å². The van der Waals surface area contributed by atoms with Crippen LogP contribution in [0.1, 0.15) is 20.3 Å². The van der Waals surface area contributed by atoms with E-state index < -0.39 is 8.27 Å². The summed E-state index contributed by atoms with van der Waals surface area (Å²) in [6.07, 6.45) is 1.25. The zero-order chi connectivity index (χ0) is 7.28. The van der Waals surface area contributed by atoms with Crippen LogP contribution in [0.3, 0.4) is 0 Å². The minimum atomic E-state index is -1.03. The lowest BCUT2D eigenvalue weighted by atomic mass is 10.2. The Kier molecular flexibility index (Phi) is 5.54. The van der Waals surface area contributed by atoms with E-state index in [1.54, 1.807) is 0 Å². The molecule has 0 spiro atoms. The molecule has 0 aliphatic rings. The summed E-state index contributed by atoms with van der Waals surface area (Å²) < 4.78 is 0. The van der Waals surface area contributed by atoms with E-state index in [0.29, 0.717) is 0 Å². The van der Waals surface area contributed by atoms with Gasteiger partial charge in [-0.2, -0.15) is 11.1 Å². The van der Waals surface area contributed by atoms with E-state index >= 15 is 0 Å². The summed E-state index contributed by atoms with van der Waals surface area (Å²) in [4.78, 5) is 3.13. The molecule has 0 saturated carbocycles. The third-order valence-corrected chi connectivity index (χ3v) is 4.65. The third-order valence-electron chi connectivity index (χ3n) is 1.62. The van der Waals surface area contributed by atoms with Gasteiger partial charge in [-0.05, 0) is 19.0 Å². The molecule has 1 N–H and O–H groups in total. The highest BCUT2D eigenvalue weighted by Crippen LogP contribution is 2.10. The molecular weight excluding hydrogens is 150 g/mol. The molecule has 0 aromatic heterocycles. The van der Waals surface area contributed by atoms with Crippen molar-refractivity contribution >= 4 is 19.3 Å². The molecular formula is C6H16ClNSi. The third kappa shape index (κ3) is 4.94. The van der Waals surface area contributed by atoms with Gasteiger partial charge in [-0.3, -0.25) is 0 Å². The molecule has 0 aliphatic carbocycles. The Morgan fingerprint density at radius 1 is 1.67 bits per heavy atom. The summed E-state index contributed by atoms with van der Waals surface area (Å²) in [5.74, 6) is 0.798. The molecule has 0 heterocycles. The molecule has 3 heteroatoms. The number of halogens is 1. The van der Waals surface area contributed by atoms with Gasteiger partial charge >= 0.3 is 0 Å². The highest BCUT2D eigenvalue weighted by atomic mass is 35.6. The average Bonchev–Trinajstić information content (AvgIpc) is 1.87. The van der Waals surface area contributed by atoms with Crippen molar-refractivity contribution in [3.05, 3.63) is 0 Å². The van der Waals surface area contributed by atoms with Crippen LogP contribution in [0.2, 0.25) is 6.04 Å². The maximum absolute atomic E-state index is 5.97. The fraction of sp³-hybridized carbons (Fsp3) is 1.00. The van der Waals surface area contributed by atoms with E-state index in [0.717, 1.165) is 5.92 Å². The van der Waals surface area contributed by atoms with Crippen LogP contribution in [0.4, 0.5) is 0 Å². The van der Waals surface area contributed by atoms with Gasteiger partial charge in [0, 0.05) is 0 Å². The molecule has 9 heavy (non-hydrogen) atoms. The molecule has 2 unspecified atom stereocenters. The quantitative estimate of drug-likeness (QED) is 0.494. The van der Waals surface area contributed by atoms with Gasteiger partial charge in [0.05, 0.1) is 0 Å². The Morgan fingerprint density at radius 2 is 2.22 bits per heavy atom. The predicted octanol–water partition coefficient (Wildman–Crippen LogP) is 1.71. The van der Waals surface area contributed by atoms with Gasteiger partial charge in [0.25, 0.3) is 0 Å². The van der Waals surface area contributed by atoms with E-state index in [1.165, 1.54) is 12.5 Å². The van der Waals surface area contributed by atoms with Crippen molar-refractivity contribution in [1.29, 1.82) is 0 Å². The number of rotatable bonds is 4.